The van der Waals surface area contributed by atoms with Gasteiger partial charge in [0.05, 0.1) is 10.6 Å². The lowest BCUT2D eigenvalue weighted by atomic mass is 10.1. The Labute approximate surface area is 181 Å². The van der Waals surface area contributed by atoms with Gasteiger partial charge in [0.15, 0.2) is 0 Å². The summed E-state index contributed by atoms with van der Waals surface area (Å²) in [4.78, 5) is 12.5. The highest BCUT2D eigenvalue weighted by atomic mass is 35.5. The number of benzene rings is 2. The van der Waals surface area contributed by atoms with Crippen molar-refractivity contribution >= 4 is 17.5 Å². The number of carbonyl (C=O) groups excluding carboxylic acids is 1. The van der Waals surface area contributed by atoms with E-state index in [1.165, 1.54) is 23.8 Å². The van der Waals surface area contributed by atoms with E-state index >= 15 is 0 Å². The molecular weight excluding hydrogens is 403 g/mol. The van der Waals surface area contributed by atoms with Crippen LogP contribution in [0.3, 0.4) is 0 Å². The van der Waals surface area contributed by atoms with Crippen LogP contribution < -0.4 is 15.8 Å². The van der Waals surface area contributed by atoms with Crippen LogP contribution in [0.25, 0.3) is 0 Å². The molecule has 0 aromatic heterocycles. The number of amides is 1. The first-order chi connectivity index (χ1) is 14.3. The molecule has 0 fully saturated rings. The molecule has 0 heterocycles. The Morgan fingerprint density at radius 2 is 1.83 bits per heavy atom. The molecule has 1 amide bonds. The number of nitrogens with two attached hydrogens (primary N) is 1. The predicted octanol–water partition coefficient (Wildman–Crippen LogP) is 6.03. The summed E-state index contributed by atoms with van der Waals surface area (Å²) in [6.07, 6.45) is 6.46. The molecule has 0 aliphatic rings. The molecular formula is C24H26ClFN2O2. The third-order valence-corrected chi connectivity index (χ3v) is 4.66. The van der Waals surface area contributed by atoms with E-state index in [2.05, 4.69) is 12.2 Å². The predicted molar refractivity (Wildman–Crippen MR) is 120 cm³/mol. The highest BCUT2D eigenvalue weighted by Crippen LogP contribution is 2.26. The summed E-state index contributed by atoms with van der Waals surface area (Å²) >= 11 is 5.76. The first-order valence-electron chi connectivity index (χ1n) is 9.60. The Balaban J connectivity index is 1.97. The fraction of sp³-hybridized carbons (Fsp3) is 0.208. The van der Waals surface area contributed by atoms with Crippen molar-refractivity contribution in [2.45, 2.75) is 33.7 Å². The minimum atomic E-state index is -0.498. The topological polar surface area (TPSA) is 64.3 Å². The van der Waals surface area contributed by atoms with Crippen LogP contribution >= 0.6 is 11.6 Å². The SMILES string of the molecule is CCC(C)=C/C=C\C(C(=O)NCc1ccc(Oc2ccc(F)c(Cl)c2)cc1)=C(/C)N. The van der Waals surface area contributed by atoms with Crippen LogP contribution in [0.5, 0.6) is 11.5 Å². The number of ether oxygens (including phenoxy) is 1. The van der Waals surface area contributed by atoms with Gasteiger partial charge in [0.1, 0.15) is 17.3 Å². The van der Waals surface area contributed by atoms with Gasteiger partial charge >= 0.3 is 0 Å². The van der Waals surface area contributed by atoms with Crippen LogP contribution in [0.4, 0.5) is 4.39 Å². The maximum Gasteiger partial charge on any atom is 0.253 e. The van der Waals surface area contributed by atoms with Crippen molar-refractivity contribution in [3.8, 4) is 11.5 Å². The van der Waals surface area contributed by atoms with E-state index in [0.717, 1.165) is 12.0 Å². The van der Waals surface area contributed by atoms with Gasteiger partial charge in [-0.15, -0.1) is 0 Å². The third-order valence-electron chi connectivity index (χ3n) is 4.37. The number of nitrogens with one attached hydrogen (secondary N) is 1. The number of allylic oxidation sites excluding steroid dienone is 4. The minimum absolute atomic E-state index is 0.000263. The molecule has 0 radical (unpaired) electrons. The fourth-order valence-corrected chi connectivity index (χ4v) is 2.61. The summed E-state index contributed by atoms with van der Waals surface area (Å²) < 4.78 is 18.9. The van der Waals surface area contributed by atoms with E-state index < -0.39 is 5.82 Å². The number of carbonyl (C=O) groups is 1. The van der Waals surface area contributed by atoms with Crippen molar-refractivity contribution in [3.63, 3.8) is 0 Å². The smallest absolute Gasteiger partial charge is 0.253 e. The number of hydrogen-bond acceptors (Lipinski definition) is 3. The normalized spacial score (nSPS) is 12.6. The number of rotatable bonds is 8. The maximum absolute atomic E-state index is 13.2. The summed E-state index contributed by atoms with van der Waals surface area (Å²) in [5.41, 5.74) is 8.86. The van der Waals surface area contributed by atoms with Crippen LogP contribution in [0.1, 0.15) is 32.8 Å². The molecule has 3 N–H and O–H groups in total. The largest absolute Gasteiger partial charge is 0.457 e. The standard InChI is InChI=1S/C24H26ClFN2O2/c1-4-16(2)6-5-7-21(17(3)27)24(29)28-15-18-8-10-19(11-9-18)30-20-12-13-23(26)22(25)14-20/h5-14H,4,15,27H2,1-3H3,(H,28,29)/b7-5-,16-6?,21-17-. The molecule has 0 atom stereocenters. The fourth-order valence-electron chi connectivity index (χ4n) is 2.44. The Morgan fingerprint density at radius 3 is 2.43 bits per heavy atom. The summed E-state index contributed by atoms with van der Waals surface area (Å²) in [7, 11) is 0. The lowest BCUT2D eigenvalue weighted by molar-refractivity contribution is -0.117. The molecule has 2 rings (SSSR count). The van der Waals surface area contributed by atoms with Crippen LogP contribution in [0.2, 0.25) is 5.02 Å². The van der Waals surface area contributed by atoms with Crippen molar-refractivity contribution in [2.75, 3.05) is 0 Å². The maximum atomic E-state index is 13.2. The molecule has 0 unspecified atom stereocenters. The lowest BCUT2D eigenvalue weighted by Gasteiger charge is -2.09. The van der Waals surface area contributed by atoms with Crippen molar-refractivity contribution in [1.29, 1.82) is 0 Å². The zero-order valence-electron chi connectivity index (χ0n) is 17.3. The third kappa shape index (κ3) is 7.08. The van der Waals surface area contributed by atoms with E-state index in [-0.39, 0.29) is 10.9 Å². The van der Waals surface area contributed by atoms with Gasteiger partial charge in [0, 0.05) is 18.3 Å². The molecule has 0 saturated carbocycles. The minimum Gasteiger partial charge on any atom is -0.457 e. The molecule has 6 heteroatoms. The van der Waals surface area contributed by atoms with Gasteiger partial charge in [-0.25, -0.2) is 4.39 Å². The lowest BCUT2D eigenvalue weighted by Crippen LogP contribution is -2.25. The molecule has 0 spiro atoms. The van der Waals surface area contributed by atoms with Gasteiger partial charge in [0.25, 0.3) is 5.91 Å². The van der Waals surface area contributed by atoms with Crippen molar-refractivity contribution in [3.05, 3.63) is 93.9 Å². The van der Waals surface area contributed by atoms with E-state index in [4.69, 9.17) is 22.1 Å². The summed E-state index contributed by atoms with van der Waals surface area (Å²) in [5, 5.41) is 2.87. The second-order valence-corrected chi connectivity index (χ2v) is 7.23. The zero-order valence-corrected chi connectivity index (χ0v) is 18.1. The Morgan fingerprint density at radius 1 is 1.17 bits per heavy atom. The molecule has 0 bridgehead atoms. The molecule has 0 saturated heterocycles. The van der Waals surface area contributed by atoms with Gasteiger partial charge in [-0.3, -0.25) is 4.79 Å². The van der Waals surface area contributed by atoms with Crippen molar-refractivity contribution in [1.82, 2.24) is 5.32 Å². The van der Waals surface area contributed by atoms with Gasteiger partial charge in [-0.05, 0) is 56.2 Å². The molecule has 2 aromatic carbocycles. The van der Waals surface area contributed by atoms with Crippen LogP contribution in [0, 0.1) is 5.82 Å². The van der Waals surface area contributed by atoms with Crippen LogP contribution in [-0.2, 0) is 11.3 Å². The average molecular weight is 429 g/mol. The first kappa shape index (κ1) is 23.2. The second-order valence-electron chi connectivity index (χ2n) is 6.83. The van der Waals surface area contributed by atoms with E-state index in [1.54, 1.807) is 25.1 Å². The average Bonchev–Trinajstić information content (AvgIpc) is 2.72. The molecule has 0 aliphatic carbocycles. The first-order valence-corrected chi connectivity index (χ1v) is 9.98. The summed E-state index contributed by atoms with van der Waals surface area (Å²) in [5.74, 6) is 0.277. The molecule has 158 valence electrons. The highest BCUT2D eigenvalue weighted by molar-refractivity contribution is 6.30. The van der Waals surface area contributed by atoms with E-state index in [1.807, 2.05) is 31.2 Å². The Kier molecular flexibility index (Phi) is 8.69. The van der Waals surface area contributed by atoms with Crippen molar-refractivity contribution in [2.24, 2.45) is 5.73 Å². The van der Waals surface area contributed by atoms with Gasteiger partial charge in [0.2, 0.25) is 0 Å². The second kappa shape index (κ2) is 11.2. The quantitative estimate of drug-likeness (QED) is 0.398. The molecule has 4 nitrogen and oxygen atoms in total. The van der Waals surface area contributed by atoms with Crippen molar-refractivity contribution < 1.29 is 13.9 Å². The Bertz CT molecular complexity index is 975. The van der Waals surface area contributed by atoms with Crippen LogP contribution in [0.15, 0.2) is 77.5 Å². The number of hydrogen-bond donors (Lipinski definition) is 2. The van der Waals surface area contributed by atoms with E-state index in [9.17, 15) is 9.18 Å². The highest BCUT2D eigenvalue weighted by Gasteiger charge is 2.09. The molecule has 30 heavy (non-hydrogen) atoms. The van der Waals surface area contributed by atoms with Gasteiger partial charge in [-0.1, -0.05) is 48.4 Å². The number of halogens is 2. The summed E-state index contributed by atoms with van der Waals surface area (Å²) in [6, 6.07) is 11.4. The molecule has 2 aromatic rings. The van der Waals surface area contributed by atoms with Gasteiger partial charge < -0.3 is 15.8 Å². The Hall–Kier alpha value is -3.05. The van der Waals surface area contributed by atoms with Crippen LogP contribution in [-0.4, -0.2) is 5.91 Å². The van der Waals surface area contributed by atoms with E-state index in [0.29, 0.717) is 29.3 Å². The van der Waals surface area contributed by atoms with Gasteiger partial charge in [-0.2, -0.15) is 0 Å². The molecule has 0 aliphatic heterocycles. The monoisotopic (exact) mass is 428 g/mol. The zero-order chi connectivity index (χ0) is 22.1. The summed E-state index contributed by atoms with van der Waals surface area (Å²) in [6.45, 7) is 6.14.